The molecule has 0 radical (unpaired) electrons. The Morgan fingerprint density at radius 3 is 2.51 bits per heavy atom. The lowest BCUT2D eigenvalue weighted by Gasteiger charge is -2.30. The van der Waals surface area contributed by atoms with Crippen LogP contribution in [0.25, 0.3) is 6.08 Å². The summed E-state index contributed by atoms with van der Waals surface area (Å²) in [5, 5.41) is 15.0. The smallest absolute Gasteiger partial charge is 0.348 e. The lowest BCUT2D eigenvalue weighted by Crippen LogP contribution is -2.44. The Morgan fingerprint density at radius 1 is 1.08 bits per heavy atom. The zero-order valence-corrected chi connectivity index (χ0v) is 29.4. The molecule has 1 aromatic carbocycles. The Kier molecular flexibility index (Phi) is 13.1. The van der Waals surface area contributed by atoms with E-state index in [4.69, 9.17) is 28.4 Å². The minimum absolute atomic E-state index is 0.00313. The van der Waals surface area contributed by atoms with Gasteiger partial charge in [-0.25, -0.2) is 14.4 Å². The highest BCUT2D eigenvalue weighted by Crippen LogP contribution is 2.32. The summed E-state index contributed by atoms with van der Waals surface area (Å²) in [6, 6.07) is 5.76. The third-order valence-corrected chi connectivity index (χ3v) is 8.21. The molecule has 2 heterocycles. The van der Waals surface area contributed by atoms with Gasteiger partial charge in [0, 0.05) is 42.9 Å². The summed E-state index contributed by atoms with van der Waals surface area (Å²) in [6.45, 7) is 8.40. The molecule has 5 atom stereocenters. The summed E-state index contributed by atoms with van der Waals surface area (Å²) in [5.74, 6) is -3.50. The predicted molar refractivity (Wildman–Crippen MR) is 178 cm³/mol. The molecule has 2 aliphatic heterocycles. The molecule has 278 valence electrons. The number of aliphatic hydroxyl groups excluding tert-OH is 1. The summed E-state index contributed by atoms with van der Waals surface area (Å²) in [5.41, 5.74) is -0.563. The van der Waals surface area contributed by atoms with Crippen LogP contribution in [0.15, 0.2) is 42.0 Å². The number of esters is 4. The van der Waals surface area contributed by atoms with E-state index >= 15 is 0 Å². The topological polar surface area (TPSA) is 202 Å². The standard InChI is InChI=1S/C36H46N2O13/c1-35(2,3)51-29(42)13-11-23(18-39)38-27(40)14-15-37-32(43)22-16-25-30(48-20-47-25)26(17-22)49-33(44)24-9-7-6-8-21(24)10-12-28(41)50-31-34(45)46-19-36(31,4)5/h6-10,12,16,23,25-26,30-31,39H,11,13-15,17-20H2,1-5H3,(H,37,43)(H,38,40). The van der Waals surface area contributed by atoms with Gasteiger partial charge in [-0.15, -0.1) is 0 Å². The van der Waals surface area contributed by atoms with Gasteiger partial charge in [0.05, 0.1) is 18.2 Å². The lowest BCUT2D eigenvalue weighted by atomic mass is 9.90. The maximum atomic E-state index is 13.4. The van der Waals surface area contributed by atoms with Crippen molar-refractivity contribution in [3.8, 4) is 0 Å². The van der Waals surface area contributed by atoms with Crippen LogP contribution in [0.4, 0.5) is 0 Å². The van der Waals surface area contributed by atoms with Crippen LogP contribution in [0.3, 0.4) is 0 Å². The summed E-state index contributed by atoms with van der Waals surface area (Å²) in [4.78, 5) is 75.5. The van der Waals surface area contributed by atoms with Crippen LogP contribution in [0.2, 0.25) is 0 Å². The number of nitrogens with one attached hydrogen (secondary N) is 2. The molecule has 2 saturated heterocycles. The SMILES string of the molecule is CC(C)(C)OC(=O)CCC(CO)NC(=O)CCNC(=O)C1=CC2OCOC2C(OC(=O)c2ccccc2C=CC(=O)OC2C(=O)OCC2(C)C)C1. The molecule has 2 amide bonds. The number of benzene rings is 1. The molecule has 51 heavy (non-hydrogen) atoms. The normalized spacial score (nSPS) is 23.0. The third kappa shape index (κ3) is 11.2. The van der Waals surface area contributed by atoms with Crippen LogP contribution in [0.1, 0.15) is 76.2 Å². The van der Waals surface area contributed by atoms with Crippen molar-refractivity contribution in [3.05, 3.63) is 53.1 Å². The number of carbonyl (C=O) groups is 6. The first-order valence-electron chi connectivity index (χ1n) is 16.8. The molecule has 2 fully saturated rings. The first-order chi connectivity index (χ1) is 24.1. The number of ether oxygens (including phenoxy) is 6. The average molecular weight is 715 g/mol. The van der Waals surface area contributed by atoms with Crippen molar-refractivity contribution in [2.45, 2.75) is 96.4 Å². The molecule has 0 bridgehead atoms. The van der Waals surface area contributed by atoms with Gasteiger partial charge in [-0.3, -0.25) is 14.4 Å². The van der Waals surface area contributed by atoms with E-state index in [2.05, 4.69) is 10.6 Å². The van der Waals surface area contributed by atoms with E-state index in [1.807, 2.05) is 0 Å². The van der Waals surface area contributed by atoms with Gasteiger partial charge in [-0.2, -0.15) is 0 Å². The lowest BCUT2D eigenvalue weighted by molar-refractivity contribution is -0.159. The van der Waals surface area contributed by atoms with E-state index in [-0.39, 0.29) is 63.4 Å². The fraction of sp³-hybridized carbons (Fsp3) is 0.556. The Balaban J connectivity index is 1.30. The monoisotopic (exact) mass is 714 g/mol. The molecule has 0 aromatic heterocycles. The Hall–Kier alpha value is -4.60. The fourth-order valence-corrected chi connectivity index (χ4v) is 5.60. The van der Waals surface area contributed by atoms with Gasteiger partial charge in [0.2, 0.25) is 17.9 Å². The second-order valence-electron chi connectivity index (χ2n) is 14.1. The number of fused-ring (bicyclic) bond motifs is 1. The quantitative estimate of drug-likeness (QED) is 0.143. The van der Waals surface area contributed by atoms with E-state index in [0.29, 0.717) is 5.56 Å². The molecule has 0 spiro atoms. The van der Waals surface area contributed by atoms with Crippen LogP contribution in [-0.4, -0.2) is 103 Å². The maximum Gasteiger partial charge on any atom is 0.348 e. The number of rotatable bonds is 14. The van der Waals surface area contributed by atoms with Crippen LogP contribution in [-0.2, 0) is 52.4 Å². The zero-order chi connectivity index (χ0) is 37.3. The largest absolute Gasteiger partial charge is 0.462 e. The highest BCUT2D eigenvalue weighted by Gasteiger charge is 2.46. The van der Waals surface area contributed by atoms with Crippen LogP contribution < -0.4 is 10.6 Å². The molecule has 4 rings (SSSR count). The molecule has 3 N–H and O–H groups in total. The van der Waals surface area contributed by atoms with E-state index in [0.717, 1.165) is 6.08 Å². The second kappa shape index (κ2) is 17.1. The molecule has 0 saturated carbocycles. The molecule has 3 aliphatic rings. The van der Waals surface area contributed by atoms with E-state index < -0.39 is 77.2 Å². The number of hydrogen-bond acceptors (Lipinski definition) is 13. The van der Waals surface area contributed by atoms with Crippen LogP contribution in [0.5, 0.6) is 0 Å². The Morgan fingerprint density at radius 2 is 1.82 bits per heavy atom. The van der Waals surface area contributed by atoms with E-state index in [9.17, 15) is 33.9 Å². The van der Waals surface area contributed by atoms with E-state index in [1.165, 1.54) is 12.1 Å². The summed E-state index contributed by atoms with van der Waals surface area (Å²) >= 11 is 0. The number of hydrogen-bond donors (Lipinski definition) is 3. The van der Waals surface area contributed by atoms with Crippen molar-refractivity contribution in [1.29, 1.82) is 0 Å². The third-order valence-electron chi connectivity index (χ3n) is 8.21. The fourth-order valence-electron chi connectivity index (χ4n) is 5.60. The molecule has 1 aromatic rings. The molecular weight excluding hydrogens is 668 g/mol. The van der Waals surface area contributed by atoms with Crippen molar-refractivity contribution in [2.75, 3.05) is 26.6 Å². The van der Waals surface area contributed by atoms with Crippen molar-refractivity contribution in [3.63, 3.8) is 0 Å². The first-order valence-corrected chi connectivity index (χ1v) is 16.8. The summed E-state index contributed by atoms with van der Waals surface area (Å²) in [7, 11) is 0. The maximum absolute atomic E-state index is 13.4. The predicted octanol–water partition coefficient (Wildman–Crippen LogP) is 1.90. The van der Waals surface area contributed by atoms with Crippen LogP contribution >= 0.6 is 0 Å². The minimum atomic E-state index is -1.06. The Labute approximate surface area is 296 Å². The summed E-state index contributed by atoms with van der Waals surface area (Å²) in [6.07, 6.45) is 0.920. The average Bonchev–Trinajstić information content (AvgIpc) is 3.65. The van der Waals surface area contributed by atoms with Crippen molar-refractivity contribution in [2.24, 2.45) is 5.41 Å². The van der Waals surface area contributed by atoms with Crippen LogP contribution in [0, 0.1) is 5.41 Å². The molecule has 1 aliphatic carbocycles. The number of amides is 2. The highest BCUT2D eigenvalue weighted by atomic mass is 16.7. The molecule has 5 unspecified atom stereocenters. The number of carbonyl (C=O) groups excluding carboxylic acids is 6. The second-order valence-corrected chi connectivity index (χ2v) is 14.1. The Bertz CT molecular complexity index is 1540. The number of aliphatic hydroxyl groups is 1. The van der Waals surface area contributed by atoms with Gasteiger partial charge in [0.1, 0.15) is 37.3 Å². The zero-order valence-electron chi connectivity index (χ0n) is 29.4. The molecular formula is C36H46N2O13. The van der Waals surface area contributed by atoms with Crippen molar-refractivity contribution >= 4 is 41.8 Å². The highest BCUT2D eigenvalue weighted by molar-refractivity contribution is 5.97. The number of cyclic esters (lactones) is 1. The van der Waals surface area contributed by atoms with Gasteiger partial charge in [0.15, 0.2) is 0 Å². The van der Waals surface area contributed by atoms with Gasteiger partial charge in [-0.1, -0.05) is 32.0 Å². The van der Waals surface area contributed by atoms with Gasteiger partial charge in [-0.05, 0) is 51.0 Å². The van der Waals surface area contributed by atoms with E-state index in [1.54, 1.807) is 58.9 Å². The van der Waals surface area contributed by atoms with Crippen molar-refractivity contribution < 1.29 is 62.3 Å². The minimum Gasteiger partial charge on any atom is -0.462 e. The summed E-state index contributed by atoms with van der Waals surface area (Å²) < 4.78 is 32.7. The van der Waals surface area contributed by atoms with Gasteiger partial charge >= 0.3 is 23.9 Å². The van der Waals surface area contributed by atoms with Crippen molar-refractivity contribution in [1.82, 2.24) is 10.6 Å². The van der Waals surface area contributed by atoms with Gasteiger partial charge < -0.3 is 44.2 Å². The molecule has 15 heteroatoms. The first kappa shape index (κ1) is 39.2. The molecule has 15 nitrogen and oxygen atoms in total. The van der Waals surface area contributed by atoms with Gasteiger partial charge in [0.25, 0.3) is 0 Å².